The Morgan fingerprint density at radius 2 is 1.59 bits per heavy atom. The number of aryl methyl sites for hydroxylation is 1. The Morgan fingerprint density at radius 1 is 0.926 bits per heavy atom. The molecule has 0 saturated carbocycles. The molecule has 2 bridgehead atoms. The van der Waals surface area contributed by atoms with E-state index in [1.807, 2.05) is 12.1 Å². The number of rotatable bonds is 2. The first-order valence-electron chi connectivity index (χ1n) is 9.52. The summed E-state index contributed by atoms with van der Waals surface area (Å²) in [7, 11) is 0. The molecular weight excluding hydrogens is 340 g/mol. The topological polar surface area (TPSA) is 59.5 Å². The van der Waals surface area contributed by atoms with Gasteiger partial charge >= 0.3 is 0 Å². The van der Waals surface area contributed by atoms with E-state index in [-0.39, 0.29) is 24.0 Å². The van der Waals surface area contributed by atoms with E-state index in [0.29, 0.717) is 0 Å². The van der Waals surface area contributed by atoms with Crippen molar-refractivity contribution in [3.63, 3.8) is 0 Å². The van der Waals surface area contributed by atoms with Gasteiger partial charge in [-0.05, 0) is 44.0 Å². The summed E-state index contributed by atoms with van der Waals surface area (Å²) >= 11 is 0. The molecule has 136 valence electrons. The normalized spacial score (nSPS) is 20.8. The van der Waals surface area contributed by atoms with Crippen molar-refractivity contribution >= 4 is 21.8 Å². The minimum Gasteiger partial charge on any atom is -0.494 e. The van der Waals surface area contributed by atoms with Gasteiger partial charge in [-0.3, -0.25) is 4.57 Å². The molecule has 2 aromatic heterocycles. The van der Waals surface area contributed by atoms with Crippen LogP contribution in [-0.2, 0) is 11.3 Å². The van der Waals surface area contributed by atoms with Crippen LogP contribution in [0.3, 0.4) is 0 Å². The fourth-order valence-corrected chi connectivity index (χ4v) is 5.04. The lowest BCUT2D eigenvalue weighted by atomic mass is 9.95. The third-order valence-electron chi connectivity index (χ3n) is 6.19. The van der Waals surface area contributed by atoms with E-state index in [1.165, 1.54) is 10.9 Å². The van der Waals surface area contributed by atoms with Crippen molar-refractivity contribution in [2.75, 3.05) is 0 Å². The highest BCUT2D eigenvalue weighted by molar-refractivity contribution is 6.08. The van der Waals surface area contributed by atoms with Gasteiger partial charge < -0.3 is 19.5 Å². The number of aromatic nitrogens is 2. The van der Waals surface area contributed by atoms with Gasteiger partial charge in [-0.15, -0.1) is 0 Å². The summed E-state index contributed by atoms with van der Waals surface area (Å²) in [5.41, 5.74) is 4.65. The number of aromatic hydroxyl groups is 2. The Kier molecular flexibility index (Phi) is 2.85. The predicted octanol–water partition coefficient (Wildman–Crippen LogP) is 4.92. The molecule has 4 aromatic rings. The molecule has 0 amide bonds. The van der Waals surface area contributed by atoms with Gasteiger partial charge in [-0.2, -0.15) is 0 Å². The van der Waals surface area contributed by atoms with E-state index in [0.717, 1.165) is 47.1 Å². The summed E-state index contributed by atoms with van der Waals surface area (Å²) in [5.74, 6) is 0.210. The lowest BCUT2D eigenvalue weighted by Gasteiger charge is -2.11. The molecule has 0 unspecified atom stereocenters. The molecule has 2 aromatic carbocycles. The average Bonchev–Trinajstić information content (AvgIpc) is 3.43. The smallest absolute Gasteiger partial charge is 0.205 e. The molecule has 0 spiro atoms. The highest BCUT2D eigenvalue weighted by Crippen LogP contribution is 2.58. The molecule has 5 nitrogen and oxygen atoms in total. The van der Waals surface area contributed by atoms with Crippen LogP contribution in [0, 0.1) is 0 Å². The van der Waals surface area contributed by atoms with Crippen LogP contribution in [0.4, 0.5) is 0 Å². The van der Waals surface area contributed by atoms with Crippen LogP contribution < -0.4 is 0 Å². The molecule has 2 aliphatic heterocycles. The Morgan fingerprint density at radius 3 is 2.30 bits per heavy atom. The molecule has 2 atom stereocenters. The van der Waals surface area contributed by atoms with Gasteiger partial charge in [0.15, 0.2) is 0 Å². The first-order valence-corrected chi connectivity index (χ1v) is 9.52. The molecule has 0 radical (unpaired) electrons. The van der Waals surface area contributed by atoms with Crippen LogP contribution >= 0.6 is 0 Å². The quantitative estimate of drug-likeness (QED) is 0.533. The Labute approximate surface area is 156 Å². The predicted molar refractivity (Wildman–Crippen MR) is 104 cm³/mol. The second kappa shape index (κ2) is 5.08. The van der Waals surface area contributed by atoms with Gasteiger partial charge in [-0.25, -0.2) is 0 Å². The van der Waals surface area contributed by atoms with Gasteiger partial charge in [0.1, 0.15) is 0 Å². The highest BCUT2D eigenvalue weighted by Gasteiger charge is 2.45. The maximum Gasteiger partial charge on any atom is 0.205 e. The molecule has 2 N–H and O–H groups in total. The largest absolute Gasteiger partial charge is 0.494 e. The van der Waals surface area contributed by atoms with Gasteiger partial charge in [0, 0.05) is 28.4 Å². The van der Waals surface area contributed by atoms with E-state index in [1.54, 1.807) is 4.57 Å². The molecule has 1 saturated heterocycles. The first kappa shape index (κ1) is 15.2. The maximum atomic E-state index is 10.9. The zero-order chi connectivity index (χ0) is 18.3. The Hall–Kier alpha value is -2.92. The van der Waals surface area contributed by atoms with Crippen molar-refractivity contribution in [3.8, 4) is 17.4 Å². The van der Waals surface area contributed by atoms with Gasteiger partial charge in [0.05, 0.1) is 29.0 Å². The molecular formula is C22H20N2O3. The van der Waals surface area contributed by atoms with Crippen LogP contribution in [-0.4, -0.2) is 19.3 Å². The third kappa shape index (κ3) is 1.77. The summed E-state index contributed by atoms with van der Waals surface area (Å²) in [4.78, 5) is 0. The van der Waals surface area contributed by atoms with Gasteiger partial charge in [0.2, 0.25) is 11.8 Å². The van der Waals surface area contributed by atoms with Crippen LogP contribution in [0.15, 0.2) is 42.5 Å². The molecule has 1 fully saturated rings. The van der Waals surface area contributed by atoms with Crippen LogP contribution in [0.25, 0.3) is 27.5 Å². The van der Waals surface area contributed by atoms with Crippen molar-refractivity contribution < 1.29 is 14.9 Å². The Balaban J connectivity index is 1.63. The third-order valence-corrected chi connectivity index (χ3v) is 6.19. The number of benzene rings is 2. The number of hydrogen-bond donors (Lipinski definition) is 2. The van der Waals surface area contributed by atoms with Crippen LogP contribution in [0.1, 0.15) is 43.1 Å². The maximum absolute atomic E-state index is 10.9. The minimum atomic E-state index is -0.0945. The summed E-state index contributed by atoms with van der Waals surface area (Å²) < 4.78 is 9.70. The van der Waals surface area contributed by atoms with Crippen molar-refractivity contribution in [3.05, 3.63) is 53.6 Å². The minimum absolute atomic E-state index is 0.0945. The number of fused-ring (bicyclic) bond motifs is 8. The van der Waals surface area contributed by atoms with Gasteiger partial charge in [0.25, 0.3) is 0 Å². The van der Waals surface area contributed by atoms with E-state index >= 15 is 0 Å². The number of nitrogens with zero attached hydrogens (tertiary/aromatic N) is 2. The molecule has 6 rings (SSSR count). The van der Waals surface area contributed by atoms with Crippen molar-refractivity contribution in [2.45, 2.75) is 38.5 Å². The second-order valence-electron chi connectivity index (χ2n) is 7.46. The molecule has 2 aliphatic rings. The number of para-hydroxylation sites is 1. The SMILES string of the molecule is CCn1c2ccccc2c2cc(-n3c(O)c4c(c3O)[C@H]3CC[C@@H]4O3)ccc21. The van der Waals surface area contributed by atoms with Crippen LogP contribution in [0.5, 0.6) is 11.8 Å². The van der Waals surface area contributed by atoms with E-state index in [4.69, 9.17) is 4.74 Å². The van der Waals surface area contributed by atoms with E-state index in [2.05, 4.69) is 41.8 Å². The summed E-state index contributed by atoms with van der Waals surface area (Å²) in [5, 5.41) is 24.0. The molecule has 0 aliphatic carbocycles. The summed E-state index contributed by atoms with van der Waals surface area (Å²) in [6, 6.07) is 14.4. The molecule has 27 heavy (non-hydrogen) atoms. The van der Waals surface area contributed by atoms with Crippen LogP contribution in [0.2, 0.25) is 0 Å². The fourth-order valence-electron chi connectivity index (χ4n) is 5.04. The standard InChI is InChI=1S/C22H20N2O3/c1-2-23-15-6-4-3-5-13(15)14-11-12(7-8-16(14)23)24-21(25)19-17-9-10-18(27-17)20(19)22(24)26/h3-8,11,17-18,25-26H,2,9-10H2,1H3/t17-,18+. The van der Waals surface area contributed by atoms with Crippen molar-refractivity contribution in [1.29, 1.82) is 0 Å². The zero-order valence-corrected chi connectivity index (χ0v) is 15.0. The first-order chi connectivity index (χ1) is 13.2. The molecule has 4 heterocycles. The number of ether oxygens (including phenoxy) is 1. The highest BCUT2D eigenvalue weighted by atomic mass is 16.5. The number of hydrogen-bond acceptors (Lipinski definition) is 3. The Bertz CT molecular complexity index is 1200. The van der Waals surface area contributed by atoms with E-state index in [9.17, 15) is 10.2 Å². The van der Waals surface area contributed by atoms with Gasteiger partial charge in [-0.1, -0.05) is 18.2 Å². The average molecular weight is 360 g/mol. The fraction of sp³-hybridized carbons (Fsp3) is 0.273. The summed E-state index contributed by atoms with van der Waals surface area (Å²) in [6.45, 7) is 3.03. The monoisotopic (exact) mass is 360 g/mol. The lowest BCUT2D eigenvalue weighted by molar-refractivity contribution is 0.0683. The summed E-state index contributed by atoms with van der Waals surface area (Å²) in [6.07, 6.45) is 1.61. The zero-order valence-electron chi connectivity index (χ0n) is 15.0. The van der Waals surface area contributed by atoms with E-state index < -0.39 is 0 Å². The molecule has 5 heteroatoms. The lowest BCUT2D eigenvalue weighted by Crippen LogP contribution is -1.97. The second-order valence-corrected chi connectivity index (χ2v) is 7.46. The van der Waals surface area contributed by atoms with Crippen molar-refractivity contribution in [2.24, 2.45) is 0 Å². The van der Waals surface area contributed by atoms with Crippen molar-refractivity contribution in [1.82, 2.24) is 9.13 Å².